The Bertz CT molecular complexity index is 1080. The molecule has 1 heterocycles. The molecule has 3 unspecified atom stereocenters. The topological polar surface area (TPSA) is 108 Å². The van der Waals surface area contributed by atoms with E-state index in [0.717, 1.165) is 6.92 Å². The first kappa shape index (κ1) is 25.7. The van der Waals surface area contributed by atoms with Crippen molar-refractivity contribution >= 4 is 14.0 Å². The van der Waals surface area contributed by atoms with E-state index in [0.29, 0.717) is 22.5 Å². The summed E-state index contributed by atoms with van der Waals surface area (Å²) in [5, 5.41) is 18.8. The van der Waals surface area contributed by atoms with Crippen molar-refractivity contribution in [2.75, 3.05) is 0 Å². The number of pyridine rings is 1. The standard InChI is InChI=1S/C24H29FNO5P/c1-8-24(21(27)28,32(30)31)23(7,29)19-17(15-9-11-16(25)12-10-15)13-18(22(4,5)6)26-20(19)14(2)3/h1,9-14,29,32H,2-7H3,(H,27,28)(H,30,31). The van der Waals surface area contributed by atoms with E-state index in [1.54, 1.807) is 6.07 Å². The molecule has 0 bridgehead atoms. The van der Waals surface area contributed by atoms with Crippen LogP contribution in [0.4, 0.5) is 4.39 Å². The van der Waals surface area contributed by atoms with Gasteiger partial charge in [0.1, 0.15) is 11.4 Å². The third kappa shape index (κ3) is 4.23. The van der Waals surface area contributed by atoms with Gasteiger partial charge in [-0.1, -0.05) is 52.7 Å². The highest BCUT2D eigenvalue weighted by Crippen LogP contribution is 2.52. The minimum absolute atomic E-state index is 0.0276. The van der Waals surface area contributed by atoms with Crippen molar-refractivity contribution in [3.05, 3.63) is 53.1 Å². The second-order valence-electron chi connectivity index (χ2n) is 9.30. The fourth-order valence-electron chi connectivity index (χ4n) is 3.69. The van der Waals surface area contributed by atoms with Gasteiger partial charge in [0.2, 0.25) is 13.2 Å². The van der Waals surface area contributed by atoms with E-state index in [1.807, 2.05) is 40.5 Å². The third-order valence-corrected chi connectivity index (χ3v) is 7.08. The molecule has 0 aliphatic heterocycles. The van der Waals surface area contributed by atoms with Crippen LogP contribution >= 0.6 is 8.03 Å². The third-order valence-electron chi connectivity index (χ3n) is 5.59. The maximum Gasteiger partial charge on any atom is 0.335 e. The number of terminal acetylenes is 1. The van der Waals surface area contributed by atoms with Crippen LogP contribution in [-0.2, 0) is 20.4 Å². The summed E-state index contributed by atoms with van der Waals surface area (Å²) >= 11 is 0. The molecular formula is C24H29FNO5P. The Balaban J connectivity index is 3.13. The molecule has 3 N–H and O–H groups in total. The largest absolute Gasteiger partial charge is 0.480 e. The smallest absolute Gasteiger partial charge is 0.335 e. The number of hydrogen-bond acceptors (Lipinski definition) is 4. The molecule has 0 radical (unpaired) electrons. The molecule has 0 amide bonds. The molecule has 0 aliphatic rings. The summed E-state index contributed by atoms with van der Waals surface area (Å²) in [5.41, 5.74) is -1.04. The number of carbonyl (C=O) groups is 1. The predicted octanol–water partition coefficient (Wildman–Crippen LogP) is 4.44. The summed E-state index contributed by atoms with van der Waals surface area (Å²) in [4.78, 5) is 27.0. The molecule has 0 saturated carbocycles. The molecule has 172 valence electrons. The Hall–Kier alpha value is -2.52. The Kier molecular flexibility index (Phi) is 7.07. The lowest BCUT2D eigenvalue weighted by molar-refractivity contribution is -0.145. The highest BCUT2D eigenvalue weighted by molar-refractivity contribution is 7.42. The van der Waals surface area contributed by atoms with Crippen molar-refractivity contribution in [1.29, 1.82) is 0 Å². The summed E-state index contributed by atoms with van der Waals surface area (Å²) < 4.78 is 26.0. The number of nitrogens with zero attached hydrogens (tertiary/aromatic N) is 1. The predicted molar refractivity (Wildman–Crippen MR) is 122 cm³/mol. The fourth-order valence-corrected chi connectivity index (χ4v) is 4.54. The minimum atomic E-state index is -3.99. The highest BCUT2D eigenvalue weighted by atomic mass is 31.1. The van der Waals surface area contributed by atoms with Crippen LogP contribution in [0, 0.1) is 18.2 Å². The van der Waals surface area contributed by atoms with Crippen molar-refractivity contribution < 1.29 is 28.9 Å². The van der Waals surface area contributed by atoms with E-state index in [9.17, 15) is 28.9 Å². The molecule has 32 heavy (non-hydrogen) atoms. The van der Waals surface area contributed by atoms with Crippen molar-refractivity contribution in [2.45, 2.75) is 63.6 Å². The zero-order valence-corrected chi connectivity index (χ0v) is 20.0. The van der Waals surface area contributed by atoms with Crippen molar-refractivity contribution in [2.24, 2.45) is 0 Å². The maximum atomic E-state index is 13.6. The van der Waals surface area contributed by atoms with Gasteiger partial charge < -0.3 is 15.1 Å². The Morgan fingerprint density at radius 1 is 1.19 bits per heavy atom. The molecule has 6 nitrogen and oxygen atoms in total. The number of aliphatic carboxylic acids is 1. The van der Waals surface area contributed by atoms with Crippen molar-refractivity contribution in [3.8, 4) is 23.5 Å². The molecule has 2 aromatic rings. The lowest BCUT2D eigenvalue weighted by atomic mass is 9.75. The van der Waals surface area contributed by atoms with E-state index in [1.165, 1.54) is 24.3 Å². The van der Waals surface area contributed by atoms with Gasteiger partial charge >= 0.3 is 5.97 Å². The van der Waals surface area contributed by atoms with Crippen LogP contribution in [-0.4, -0.2) is 31.2 Å². The molecular weight excluding hydrogens is 432 g/mol. The average Bonchev–Trinajstić information content (AvgIpc) is 2.66. The number of rotatable bonds is 6. The molecule has 0 fully saturated rings. The van der Waals surface area contributed by atoms with Gasteiger partial charge in [0.15, 0.2) is 0 Å². The Morgan fingerprint density at radius 2 is 1.72 bits per heavy atom. The first-order valence-corrected chi connectivity index (χ1v) is 11.5. The molecule has 8 heteroatoms. The normalized spacial score (nSPS) is 16.7. The van der Waals surface area contributed by atoms with E-state index in [4.69, 9.17) is 11.4 Å². The Labute approximate surface area is 188 Å². The van der Waals surface area contributed by atoms with Gasteiger partial charge in [-0.2, -0.15) is 0 Å². The maximum absolute atomic E-state index is 13.6. The Morgan fingerprint density at radius 3 is 2.09 bits per heavy atom. The van der Waals surface area contributed by atoms with Crippen LogP contribution in [0.3, 0.4) is 0 Å². The molecule has 1 aromatic carbocycles. The number of carboxylic acids is 1. The SMILES string of the molecule is C#CC(C(=O)O)([PH](=O)O)C(C)(O)c1c(-c2ccc(F)cc2)cc(C(C)(C)C)nc1C(C)C. The quantitative estimate of drug-likeness (QED) is 0.434. The molecule has 0 aliphatic carbocycles. The van der Waals surface area contributed by atoms with E-state index in [2.05, 4.69) is 0 Å². The number of halogens is 1. The van der Waals surface area contributed by atoms with Gasteiger partial charge in [-0.25, -0.2) is 9.18 Å². The number of benzene rings is 1. The number of aliphatic hydroxyl groups is 1. The monoisotopic (exact) mass is 461 g/mol. The molecule has 1 aromatic heterocycles. The number of aromatic nitrogens is 1. The highest BCUT2D eigenvalue weighted by Gasteiger charge is 2.60. The van der Waals surface area contributed by atoms with E-state index < -0.39 is 36.0 Å². The average molecular weight is 461 g/mol. The van der Waals surface area contributed by atoms with Gasteiger partial charge in [0, 0.05) is 22.4 Å². The summed E-state index contributed by atoms with van der Waals surface area (Å²) in [6.45, 7) is 10.6. The second-order valence-corrected chi connectivity index (χ2v) is 10.7. The molecule has 2 rings (SSSR count). The van der Waals surface area contributed by atoms with Crippen LogP contribution in [0.1, 0.15) is 64.4 Å². The van der Waals surface area contributed by atoms with Gasteiger partial charge in [0.05, 0.1) is 0 Å². The molecule has 0 saturated heterocycles. The summed E-state index contributed by atoms with van der Waals surface area (Å²) in [5.74, 6) is -0.672. The van der Waals surface area contributed by atoms with Crippen LogP contribution < -0.4 is 0 Å². The lowest BCUT2D eigenvalue weighted by Crippen LogP contribution is -2.53. The van der Waals surface area contributed by atoms with E-state index >= 15 is 0 Å². The van der Waals surface area contributed by atoms with Gasteiger partial charge in [-0.15, -0.1) is 6.42 Å². The van der Waals surface area contributed by atoms with Crippen LogP contribution in [0.25, 0.3) is 11.1 Å². The molecule has 3 atom stereocenters. The number of hydrogen-bond donors (Lipinski definition) is 3. The fraction of sp³-hybridized carbons (Fsp3) is 0.417. The van der Waals surface area contributed by atoms with Gasteiger partial charge in [-0.05, 0) is 42.2 Å². The zero-order valence-electron chi connectivity index (χ0n) is 19.0. The second kappa shape index (κ2) is 8.78. The van der Waals surface area contributed by atoms with Gasteiger partial charge in [0.25, 0.3) is 0 Å². The summed E-state index contributed by atoms with van der Waals surface area (Å²) in [6.07, 6.45) is 5.47. The van der Waals surface area contributed by atoms with Gasteiger partial charge in [-0.3, -0.25) is 9.55 Å². The first-order chi connectivity index (χ1) is 14.6. The zero-order chi connectivity index (χ0) is 24.6. The number of carboxylic acid groups (broad SMARTS) is 1. The van der Waals surface area contributed by atoms with E-state index in [-0.39, 0.29) is 11.5 Å². The van der Waals surface area contributed by atoms with Crippen molar-refractivity contribution in [3.63, 3.8) is 0 Å². The summed E-state index contributed by atoms with van der Waals surface area (Å²) in [6, 6.07) is 7.13. The first-order valence-electron chi connectivity index (χ1n) is 10.1. The van der Waals surface area contributed by atoms with Crippen LogP contribution in [0.5, 0.6) is 0 Å². The minimum Gasteiger partial charge on any atom is -0.480 e. The lowest BCUT2D eigenvalue weighted by Gasteiger charge is -2.39. The van der Waals surface area contributed by atoms with Crippen LogP contribution in [0.2, 0.25) is 0 Å². The van der Waals surface area contributed by atoms with Crippen LogP contribution in [0.15, 0.2) is 30.3 Å². The summed E-state index contributed by atoms with van der Waals surface area (Å²) in [7, 11) is -3.99. The molecule has 0 spiro atoms. The van der Waals surface area contributed by atoms with Crippen molar-refractivity contribution in [1.82, 2.24) is 4.98 Å².